The third-order valence-electron chi connectivity index (χ3n) is 5.00. The van der Waals surface area contributed by atoms with Crippen molar-refractivity contribution in [2.24, 2.45) is 0 Å². The third kappa shape index (κ3) is 5.13. The smallest absolute Gasteiger partial charge is 0.223 e. The fourth-order valence-corrected chi connectivity index (χ4v) is 3.56. The molecule has 2 aromatic rings. The van der Waals surface area contributed by atoms with E-state index in [9.17, 15) is 9.90 Å². The van der Waals surface area contributed by atoms with Gasteiger partial charge in [-0.3, -0.25) is 14.7 Å². The Morgan fingerprint density at radius 3 is 2.88 bits per heavy atom. The zero-order valence-corrected chi connectivity index (χ0v) is 15.3. The molecule has 1 saturated heterocycles. The van der Waals surface area contributed by atoms with E-state index in [0.29, 0.717) is 19.5 Å². The molecule has 1 fully saturated rings. The molecule has 2 heterocycles. The summed E-state index contributed by atoms with van der Waals surface area (Å²) in [6, 6.07) is 12.2. The van der Waals surface area contributed by atoms with Crippen molar-refractivity contribution >= 4 is 5.91 Å². The van der Waals surface area contributed by atoms with E-state index < -0.39 is 5.60 Å². The summed E-state index contributed by atoms with van der Waals surface area (Å²) in [5.74, 6) is -0.114. The lowest BCUT2D eigenvalue weighted by Gasteiger charge is -2.39. The van der Waals surface area contributed by atoms with Gasteiger partial charge in [0.05, 0.1) is 12.0 Å². The molecule has 0 spiro atoms. The van der Waals surface area contributed by atoms with Crippen LogP contribution in [0.5, 0.6) is 0 Å². The van der Waals surface area contributed by atoms with Gasteiger partial charge in [-0.25, -0.2) is 0 Å². The molecule has 1 aliphatic rings. The Hall–Kier alpha value is -2.24. The molecule has 1 aromatic heterocycles. The minimum atomic E-state index is -0.957. The van der Waals surface area contributed by atoms with Gasteiger partial charge in [-0.05, 0) is 49.1 Å². The number of carbonyl (C=O) groups is 1. The Kier molecular flexibility index (Phi) is 6.01. The lowest BCUT2D eigenvalue weighted by atomic mass is 9.89. The summed E-state index contributed by atoms with van der Waals surface area (Å²) in [4.78, 5) is 18.7. The van der Waals surface area contributed by atoms with Crippen LogP contribution < -0.4 is 5.32 Å². The Morgan fingerprint density at radius 1 is 1.31 bits per heavy atom. The molecule has 1 aliphatic heterocycles. The summed E-state index contributed by atoms with van der Waals surface area (Å²) >= 11 is 0. The number of carbonyl (C=O) groups excluding carboxylic acids is 1. The summed E-state index contributed by atoms with van der Waals surface area (Å²) in [6.45, 7) is 4.73. The molecular formula is C21H27N3O2. The highest BCUT2D eigenvalue weighted by molar-refractivity contribution is 5.77. The monoisotopic (exact) mass is 353 g/mol. The first-order chi connectivity index (χ1) is 12.5. The number of β-amino-alcohol motifs (C(OH)–C–C–N with tert-alkyl or cyclic N) is 1. The SMILES string of the molecule is Cc1ccncc1CNC(=O)CC1(O)CCCN(Cc2ccccc2)C1. The fraction of sp³-hybridized carbons (Fsp3) is 0.429. The van der Waals surface area contributed by atoms with Gasteiger partial charge < -0.3 is 10.4 Å². The number of pyridine rings is 1. The van der Waals surface area contributed by atoms with Crippen molar-refractivity contribution in [1.29, 1.82) is 0 Å². The second-order valence-corrected chi connectivity index (χ2v) is 7.28. The van der Waals surface area contributed by atoms with E-state index >= 15 is 0 Å². The average Bonchev–Trinajstić information content (AvgIpc) is 2.61. The van der Waals surface area contributed by atoms with Gasteiger partial charge in [0.15, 0.2) is 0 Å². The van der Waals surface area contributed by atoms with E-state index in [1.165, 1.54) is 5.56 Å². The Bertz CT molecular complexity index is 735. The first kappa shape index (κ1) is 18.5. The van der Waals surface area contributed by atoms with Crippen LogP contribution in [0.15, 0.2) is 48.8 Å². The number of benzene rings is 1. The van der Waals surface area contributed by atoms with Gasteiger partial charge >= 0.3 is 0 Å². The quantitative estimate of drug-likeness (QED) is 0.837. The van der Waals surface area contributed by atoms with Crippen molar-refractivity contribution < 1.29 is 9.90 Å². The minimum absolute atomic E-state index is 0.114. The largest absolute Gasteiger partial charge is 0.388 e. The summed E-state index contributed by atoms with van der Waals surface area (Å²) in [5, 5.41) is 13.8. The van der Waals surface area contributed by atoms with Gasteiger partial charge in [0.25, 0.3) is 0 Å². The third-order valence-corrected chi connectivity index (χ3v) is 5.00. The molecule has 1 amide bonds. The number of rotatable bonds is 6. The van der Waals surface area contributed by atoms with E-state index in [2.05, 4.69) is 27.3 Å². The summed E-state index contributed by atoms with van der Waals surface area (Å²) < 4.78 is 0. The lowest BCUT2D eigenvalue weighted by molar-refractivity contribution is -0.129. The van der Waals surface area contributed by atoms with Crippen molar-refractivity contribution in [3.05, 3.63) is 65.5 Å². The van der Waals surface area contributed by atoms with Gasteiger partial charge in [-0.1, -0.05) is 30.3 Å². The number of aryl methyl sites for hydroxylation is 1. The fourth-order valence-electron chi connectivity index (χ4n) is 3.56. The summed E-state index contributed by atoms with van der Waals surface area (Å²) in [5.41, 5.74) is 2.38. The number of aliphatic hydroxyl groups is 1. The molecule has 0 radical (unpaired) electrons. The number of aromatic nitrogens is 1. The molecule has 1 aromatic carbocycles. The van der Waals surface area contributed by atoms with E-state index in [1.54, 1.807) is 12.4 Å². The molecule has 5 heteroatoms. The highest BCUT2D eigenvalue weighted by atomic mass is 16.3. The minimum Gasteiger partial charge on any atom is -0.388 e. The molecule has 0 saturated carbocycles. The van der Waals surface area contributed by atoms with E-state index in [4.69, 9.17) is 0 Å². The predicted octanol–water partition coefficient (Wildman–Crippen LogP) is 2.42. The number of amides is 1. The van der Waals surface area contributed by atoms with Crippen LogP contribution in [-0.4, -0.2) is 39.6 Å². The van der Waals surface area contributed by atoms with Crippen LogP contribution in [0.25, 0.3) is 0 Å². The van der Waals surface area contributed by atoms with E-state index in [1.807, 2.05) is 31.2 Å². The first-order valence-electron chi connectivity index (χ1n) is 9.19. The molecule has 2 N–H and O–H groups in total. The van der Waals surface area contributed by atoms with Gasteiger partial charge in [0, 0.05) is 32.0 Å². The summed E-state index contributed by atoms with van der Waals surface area (Å²) in [6.07, 6.45) is 5.22. The summed E-state index contributed by atoms with van der Waals surface area (Å²) in [7, 11) is 0. The predicted molar refractivity (Wildman–Crippen MR) is 101 cm³/mol. The standard InChI is InChI=1S/C21H27N3O2/c1-17-8-10-22-13-19(17)14-23-20(25)12-21(26)9-5-11-24(16-21)15-18-6-3-2-4-7-18/h2-4,6-8,10,13,26H,5,9,11-12,14-16H2,1H3,(H,23,25). The number of likely N-dealkylation sites (tertiary alicyclic amines) is 1. The van der Waals surface area contributed by atoms with Crippen molar-refractivity contribution in [1.82, 2.24) is 15.2 Å². The van der Waals surface area contributed by atoms with Crippen LogP contribution in [0.2, 0.25) is 0 Å². The maximum Gasteiger partial charge on any atom is 0.223 e. The first-order valence-corrected chi connectivity index (χ1v) is 9.19. The molecule has 1 atom stereocenters. The average molecular weight is 353 g/mol. The zero-order valence-electron chi connectivity index (χ0n) is 15.3. The van der Waals surface area contributed by atoms with Gasteiger partial charge in [0.1, 0.15) is 0 Å². The Balaban J connectivity index is 1.52. The molecule has 0 bridgehead atoms. The van der Waals surface area contributed by atoms with Crippen LogP contribution in [0.3, 0.4) is 0 Å². The molecule has 1 unspecified atom stereocenters. The number of nitrogens with one attached hydrogen (secondary N) is 1. The van der Waals surface area contributed by atoms with E-state index in [0.717, 1.165) is 30.6 Å². The van der Waals surface area contributed by atoms with Crippen LogP contribution in [0.1, 0.15) is 36.0 Å². The Morgan fingerprint density at radius 2 is 2.12 bits per heavy atom. The molecular weight excluding hydrogens is 326 g/mol. The number of piperidine rings is 1. The maximum absolute atomic E-state index is 12.4. The number of hydrogen-bond donors (Lipinski definition) is 2. The van der Waals surface area contributed by atoms with Gasteiger partial charge in [0.2, 0.25) is 5.91 Å². The normalized spacial score (nSPS) is 20.7. The van der Waals surface area contributed by atoms with Gasteiger partial charge in [-0.2, -0.15) is 0 Å². The number of hydrogen-bond acceptors (Lipinski definition) is 4. The molecule has 0 aliphatic carbocycles. The van der Waals surface area contributed by atoms with Crippen molar-refractivity contribution in [3.8, 4) is 0 Å². The molecule has 26 heavy (non-hydrogen) atoms. The van der Waals surface area contributed by atoms with E-state index in [-0.39, 0.29) is 12.3 Å². The van der Waals surface area contributed by atoms with Crippen molar-refractivity contribution in [2.75, 3.05) is 13.1 Å². The highest BCUT2D eigenvalue weighted by Crippen LogP contribution is 2.25. The second kappa shape index (κ2) is 8.43. The lowest BCUT2D eigenvalue weighted by Crippen LogP contribution is -2.50. The van der Waals surface area contributed by atoms with Crippen molar-refractivity contribution in [3.63, 3.8) is 0 Å². The Labute approximate surface area is 155 Å². The maximum atomic E-state index is 12.4. The van der Waals surface area contributed by atoms with Crippen LogP contribution >= 0.6 is 0 Å². The van der Waals surface area contributed by atoms with Crippen LogP contribution in [-0.2, 0) is 17.9 Å². The zero-order chi connectivity index (χ0) is 18.4. The topological polar surface area (TPSA) is 65.5 Å². The number of nitrogens with zero attached hydrogens (tertiary/aromatic N) is 2. The highest BCUT2D eigenvalue weighted by Gasteiger charge is 2.35. The molecule has 5 nitrogen and oxygen atoms in total. The van der Waals surface area contributed by atoms with Crippen LogP contribution in [0, 0.1) is 6.92 Å². The molecule has 3 rings (SSSR count). The van der Waals surface area contributed by atoms with Gasteiger partial charge in [-0.15, -0.1) is 0 Å². The van der Waals surface area contributed by atoms with Crippen LogP contribution in [0.4, 0.5) is 0 Å². The molecule has 138 valence electrons. The second-order valence-electron chi connectivity index (χ2n) is 7.28. The van der Waals surface area contributed by atoms with Crippen molar-refractivity contribution in [2.45, 2.75) is 44.9 Å².